The number of hydroxylamine groups is 1. The van der Waals surface area contributed by atoms with E-state index in [1.54, 1.807) is 0 Å². The molecule has 0 saturated heterocycles. The Labute approximate surface area is 49.6 Å². The Morgan fingerprint density at radius 1 is 1.50 bits per heavy atom. The van der Waals surface area contributed by atoms with Crippen molar-refractivity contribution in [3.8, 4) is 0 Å². The molecule has 0 unspecified atom stereocenters. The van der Waals surface area contributed by atoms with Crippen LogP contribution in [0, 0.1) is 0 Å². The van der Waals surface area contributed by atoms with Gasteiger partial charge < -0.3 is 9.94 Å². The molecule has 0 bridgehead atoms. The van der Waals surface area contributed by atoms with Crippen LogP contribution in [0.1, 0.15) is 13.3 Å². The van der Waals surface area contributed by atoms with E-state index in [4.69, 9.17) is 9.94 Å². The molecule has 0 aliphatic rings. The Kier molecular flexibility index (Phi) is 6.78. The van der Waals surface area contributed by atoms with Crippen molar-refractivity contribution in [3.05, 3.63) is 0 Å². The summed E-state index contributed by atoms with van der Waals surface area (Å²) in [7, 11) is 0. The zero-order valence-electron chi connectivity index (χ0n) is 5.18. The Morgan fingerprint density at radius 2 is 2.25 bits per heavy atom. The second-order valence-electron chi connectivity index (χ2n) is 1.52. The van der Waals surface area contributed by atoms with Crippen LogP contribution in [0.25, 0.3) is 0 Å². The Morgan fingerprint density at radius 3 is 2.75 bits per heavy atom. The van der Waals surface area contributed by atoms with Crippen LogP contribution in [0.15, 0.2) is 0 Å². The Bertz CT molecular complexity index is 35.4. The first-order valence-electron chi connectivity index (χ1n) is 2.86. The summed E-state index contributed by atoms with van der Waals surface area (Å²) >= 11 is 0. The van der Waals surface area contributed by atoms with Gasteiger partial charge in [-0.2, -0.15) is 0 Å². The van der Waals surface area contributed by atoms with Gasteiger partial charge in [-0.3, -0.25) is 0 Å². The molecule has 0 fully saturated rings. The number of hydrogen-bond donors (Lipinski definition) is 2. The molecule has 0 aromatic rings. The van der Waals surface area contributed by atoms with E-state index in [2.05, 4.69) is 0 Å². The minimum absolute atomic E-state index is 0.514. The fourth-order valence-corrected chi connectivity index (χ4v) is 0.364. The van der Waals surface area contributed by atoms with Crippen LogP contribution >= 0.6 is 0 Å². The molecule has 0 spiro atoms. The van der Waals surface area contributed by atoms with E-state index in [1.807, 2.05) is 12.4 Å². The number of hydrogen-bond acceptors (Lipinski definition) is 3. The van der Waals surface area contributed by atoms with Gasteiger partial charge in [0.15, 0.2) is 0 Å². The van der Waals surface area contributed by atoms with Gasteiger partial charge in [0.1, 0.15) is 0 Å². The first kappa shape index (κ1) is 7.88. The van der Waals surface area contributed by atoms with E-state index in [0.29, 0.717) is 13.2 Å². The molecular weight excluding hydrogens is 106 g/mol. The third kappa shape index (κ3) is 5.88. The molecule has 0 radical (unpaired) electrons. The summed E-state index contributed by atoms with van der Waals surface area (Å²) in [6.45, 7) is 3.93. The first-order chi connectivity index (χ1) is 3.91. The highest BCUT2D eigenvalue weighted by Crippen LogP contribution is 1.76. The van der Waals surface area contributed by atoms with Gasteiger partial charge in [-0.05, 0) is 6.42 Å². The van der Waals surface area contributed by atoms with E-state index in [-0.39, 0.29) is 0 Å². The molecule has 50 valence electrons. The lowest BCUT2D eigenvalue weighted by atomic mass is 10.5. The summed E-state index contributed by atoms with van der Waals surface area (Å²) in [5.74, 6) is 0. The molecule has 0 aliphatic heterocycles. The fraction of sp³-hybridized carbons (Fsp3) is 1.00. The fourth-order valence-electron chi connectivity index (χ4n) is 0.364. The van der Waals surface area contributed by atoms with Gasteiger partial charge in [0.25, 0.3) is 0 Å². The molecule has 0 atom stereocenters. The van der Waals surface area contributed by atoms with Crippen molar-refractivity contribution < 1.29 is 9.94 Å². The summed E-state index contributed by atoms with van der Waals surface area (Å²) in [5.41, 5.74) is 2.00. The molecule has 0 rings (SSSR count). The molecular formula is C5H13NO2. The Hall–Kier alpha value is -0.120. The lowest BCUT2D eigenvalue weighted by Crippen LogP contribution is -2.14. The topological polar surface area (TPSA) is 41.5 Å². The van der Waals surface area contributed by atoms with Gasteiger partial charge in [0.05, 0.1) is 6.61 Å². The predicted octanol–water partition coefficient (Wildman–Crippen LogP) is 0.392. The van der Waals surface area contributed by atoms with E-state index in [0.717, 1.165) is 13.0 Å². The molecule has 0 aromatic carbocycles. The van der Waals surface area contributed by atoms with Crippen molar-refractivity contribution >= 4 is 0 Å². The van der Waals surface area contributed by atoms with Crippen LogP contribution in [0.4, 0.5) is 0 Å². The summed E-state index contributed by atoms with van der Waals surface area (Å²) in [4.78, 5) is 0. The second-order valence-corrected chi connectivity index (χ2v) is 1.52. The van der Waals surface area contributed by atoms with Gasteiger partial charge in [0.2, 0.25) is 0 Å². The minimum atomic E-state index is 0.514. The summed E-state index contributed by atoms with van der Waals surface area (Å²) in [5, 5.41) is 8.04. The molecule has 0 aliphatic carbocycles. The SMILES string of the molecule is CCCOCCNO. The molecule has 3 nitrogen and oxygen atoms in total. The first-order valence-corrected chi connectivity index (χ1v) is 2.86. The largest absolute Gasteiger partial charge is 0.380 e. The maximum Gasteiger partial charge on any atom is 0.0614 e. The molecule has 0 heterocycles. The molecule has 0 amide bonds. The smallest absolute Gasteiger partial charge is 0.0614 e. The average Bonchev–Trinajstić information content (AvgIpc) is 1.81. The number of ether oxygens (including phenoxy) is 1. The van der Waals surface area contributed by atoms with Crippen LogP contribution in [-0.2, 0) is 4.74 Å². The number of nitrogens with one attached hydrogen (secondary N) is 1. The zero-order valence-corrected chi connectivity index (χ0v) is 5.18. The average molecular weight is 119 g/mol. The lowest BCUT2D eigenvalue weighted by Gasteiger charge is -1.98. The molecule has 0 aromatic heterocycles. The maximum atomic E-state index is 8.04. The lowest BCUT2D eigenvalue weighted by molar-refractivity contribution is 0.0908. The standard InChI is InChI=1S/C5H13NO2/c1-2-4-8-5-3-6-7/h6-7H,2-5H2,1H3. The maximum absolute atomic E-state index is 8.04. The van der Waals surface area contributed by atoms with E-state index >= 15 is 0 Å². The Balaban J connectivity index is 2.53. The monoisotopic (exact) mass is 119 g/mol. The molecule has 0 saturated carbocycles. The van der Waals surface area contributed by atoms with Crippen molar-refractivity contribution in [2.45, 2.75) is 13.3 Å². The zero-order chi connectivity index (χ0) is 6.24. The van der Waals surface area contributed by atoms with Crippen LogP contribution in [0.3, 0.4) is 0 Å². The second kappa shape index (κ2) is 6.88. The van der Waals surface area contributed by atoms with E-state index < -0.39 is 0 Å². The minimum Gasteiger partial charge on any atom is -0.380 e. The van der Waals surface area contributed by atoms with Crippen LogP contribution in [0.5, 0.6) is 0 Å². The van der Waals surface area contributed by atoms with Crippen molar-refractivity contribution in [3.63, 3.8) is 0 Å². The third-order valence-corrected chi connectivity index (χ3v) is 0.707. The van der Waals surface area contributed by atoms with Crippen molar-refractivity contribution in [2.24, 2.45) is 0 Å². The normalized spacial score (nSPS) is 9.75. The summed E-state index contributed by atoms with van der Waals surface area (Å²) in [6.07, 6.45) is 1.03. The highest BCUT2D eigenvalue weighted by atomic mass is 16.5. The number of rotatable bonds is 5. The van der Waals surface area contributed by atoms with Gasteiger partial charge in [0, 0.05) is 13.2 Å². The van der Waals surface area contributed by atoms with Crippen molar-refractivity contribution in [1.82, 2.24) is 5.48 Å². The van der Waals surface area contributed by atoms with E-state index in [1.165, 1.54) is 0 Å². The molecule has 3 heteroatoms. The van der Waals surface area contributed by atoms with Crippen LogP contribution < -0.4 is 5.48 Å². The quantitative estimate of drug-likeness (QED) is 0.406. The highest BCUT2D eigenvalue weighted by molar-refractivity contribution is 4.30. The highest BCUT2D eigenvalue weighted by Gasteiger charge is 1.81. The van der Waals surface area contributed by atoms with E-state index in [9.17, 15) is 0 Å². The third-order valence-electron chi connectivity index (χ3n) is 0.707. The van der Waals surface area contributed by atoms with Gasteiger partial charge in [-0.25, -0.2) is 5.48 Å². The van der Waals surface area contributed by atoms with Gasteiger partial charge >= 0.3 is 0 Å². The molecule has 2 N–H and O–H groups in total. The van der Waals surface area contributed by atoms with Crippen LogP contribution in [0.2, 0.25) is 0 Å². The van der Waals surface area contributed by atoms with Gasteiger partial charge in [-0.15, -0.1) is 0 Å². The van der Waals surface area contributed by atoms with Crippen molar-refractivity contribution in [2.75, 3.05) is 19.8 Å². The van der Waals surface area contributed by atoms with Crippen LogP contribution in [-0.4, -0.2) is 25.0 Å². The predicted molar refractivity (Wildman–Crippen MR) is 30.9 cm³/mol. The summed E-state index contributed by atoms with van der Waals surface area (Å²) in [6, 6.07) is 0. The van der Waals surface area contributed by atoms with Crippen molar-refractivity contribution in [1.29, 1.82) is 0 Å². The molecule has 8 heavy (non-hydrogen) atoms. The summed E-state index contributed by atoms with van der Waals surface area (Å²) < 4.78 is 5.00. The van der Waals surface area contributed by atoms with Gasteiger partial charge in [-0.1, -0.05) is 6.92 Å².